The maximum absolute atomic E-state index is 12.4. The molecule has 112 valence electrons. The second-order valence-corrected chi connectivity index (χ2v) is 5.11. The van der Waals surface area contributed by atoms with E-state index in [4.69, 9.17) is 4.74 Å². The molecule has 5 nitrogen and oxygen atoms in total. The third-order valence-electron chi connectivity index (χ3n) is 3.20. The molecule has 0 saturated carbocycles. The quantitative estimate of drug-likeness (QED) is 0.886. The number of hydrogen-bond acceptors (Lipinski definition) is 3. The molecule has 0 fully saturated rings. The molecule has 0 bridgehead atoms. The number of aryl methyl sites for hydroxylation is 3. The zero-order valence-corrected chi connectivity index (χ0v) is 12.9. The molecule has 1 aromatic carbocycles. The van der Waals surface area contributed by atoms with E-state index < -0.39 is 0 Å². The lowest BCUT2D eigenvalue weighted by Gasteiger charge is -2.13. The van der Waals surface area contributed by atoms with Crippen LogP contribution in [0.3, 0.4) is 0 Å². The molecule has 0 radical (unpaired) electrons. The van der Waals surface area contributed by atoms with E-state index in [0.29, 0.717) is 29.3 Å². The molecule has 1 heterocycles. The van der Waals surface area contributed by atoms with Crippen molar-refractivity contribution in [1.29, 1.82) is 0 Å². The smallest absolute Gasteiger partial charge is 0.259 e. The van der Waals surface area contributed by atoms with Gasteiger partial charge >= 0.3 is 0 Å². The van der Waals surface area contributed by atoms with E-state index in [-0.39, 0.29) is 5.91 Å². The number of nitrogens with zero attached hydrogens (tertiary/aromatic N) is 1. The lowest BCUT2D eigenvalue weighted by atomic mass is 10.1. The third-order valence-corrected chi connectivity index (χ3v) is 3.20. The van der Waals surface area contributed by atoms with Crippen molar-refractivity contribution in [1.82, 2.24) is 10.2 Å². The van der Waals surface area contributed by atoms with Gasteiger partial charge in [0.1, 0.15) is 5.75 Å². The monoisotopic (exact) mass is 287 g/mol. The van der Waals surface area contributed by atoms with Gasteiger partial charge in [-0.25, -0.2) is 0 Å². The van der Waals surface area contributed by atoms with Crippen molar-refractivity contribution in [3.63, 3.8) is 0 Å². The molecule has 0 aliphatic heterocycles. The summed E-state index contributed by atoms with van der Waals surface area (Å²) in [6, 6.07) is 5.74. The van der Waals surface area contributed by atoms with Crippen LogP contribution in [0.5, 0.6) is 5.75 Å². The van der Waals surface area contributed by atoms with Crippen molar-refractivity contribution >= 4 is 11.6 Å². The minimum absolute atomic E-state index is 0.177. The summed E-state index contributed by atoms with van der Waals surface area (Å²) in [5.74, 6) is 0.521. The van der Waals surface area contributed by atoms with Crippen molar-refractivity contribution in [3.8, 4) is 5.75 Å². The predicted molar refractivity (Wildman–Crippen MR) is 83.0 cm³/mol. The van der Waals surface area contributed by atoms with Gasteiger partial charge in [0, 0.05) is 5.69 Å². The average Bonchev–Trinajstić information content (AvgIpc) is 2.78. The molecule has 0 aliphatic carbocycles. The summed E-state index contributed by atoms with van der Waals surface area (Å²) in [4.78, 5) is 12.4. The van der Waals surface area contributed by atoms with E-state index >= 15 is 0 Å². The van der Waals surface area contributed by atoms with Crippen LogP contribution in [0.4, 0.5) is 5.69 Å². The van der Waals surface area contributed by atoms with Crippen LogP contribution in [-0.4, -0.2) is 22.7 Å². The summed E-state index contributed by atoms with van der Waals surface area (Å²) in [7, 11) is 0. The number of hydrogen-bond donors (Lipinski definition) is 2. The van der Waals surface area contributed by atoms with Gasteiger partial charge in [0.25, 0.3) is 5.91 Å². The van der Waals surface area contributed by atoms with Crippen molar-refractivity contribution < 1.29 is 9.53 Å². The van der Waals surface area contributed by atoms with Crippen LogP contribution in [0.1, 0.15) is 40.7 Å². The van der Waals surface area contributed by atoms with Gasteiger partial charge in [0.05, 0.1) is 23.6 Å². The van der Waals surface area contributed by atoms with E-state index in [9.17, 15) is 4.79 Å². The third kappa shape index (κ3) is 3.42. The molecule has 0 spiro atoms. The molecule has 1 amide bonds. The maximum atomic E-state index is 12.4. The molecule has 2 N–H and O–H groups in total. The summed E-state index contributed by atoms with van der Waals surface area (Å²) in [6.45, 7) is 8.30. The van der Waals surface area contributed by atoms with E-state index in [1.54, 1.807) is 0 Å². The SMILES string of the molecule is CCCOc1cc(C)ccc1NC(=O)c1c(C)n[nH]c1C. The summed E-state index contributed by atoms with van der Waals surface area (Å²) >= 11 is 0. The molecule has 5 heteroatoms. The Hall–Kier alpha value is -2.30. The van der Waals surface area contributed by atoms with Gasteiger partial charge in [-0.15, -0.1) is 0 Å². The van der Waals surface area contributed by atoms with E-state index in [1.807, 2.05) is 45.9 Å². The van der Waals surface area contributed by atoms with Crippen LogP contribution < -0.4 is 10.1 Å². The largest absolute Gasteiger partial charge is 0.491 e. The van der Waals surface area contributed by atoms with Gasteiger partial charge in [0.2, 0.25) is 0 Å². The standard InChI is InChI=1S/C16H21N3O2/c1-5-8-21-14-9-10(2)6-7-13(14)17-16(20)15-11(3)18-19-12(15)4/h6-7,9H,5,8H2,1-4H3,(H,17,20)(H,18,19). The molecule has 2 aromatic rings. The zero-order valence-electron chi connectivity index (χ0n) is 12.9. The lowest BCUT2D eigenvalue weighted by molar-refractivity contribution is 0.102. The molecule has 21 heavy (non-hydrogen) atoms. The minimum atomic E-state index is -0.177. The zero-order chi connectivity index (χ0) is 15.4. The first kappa shape index (κ1) is 15.1. The van der Waals surface area contributed by atoms with Gasteiger partial charge in [-0.05, 0) is 44.9 Å². The Morgan fingerprint density at radius 3 is 2.71 bits per heavy atom. The molecule has 2 rings (SSSR count). The highest BCUT2D eigenvalue weighted by atomic mass is 16.5. The van der Waals surface area contributed by atoms with E-state index in [0.717, 1.165) is 17.7 Å². The number of H-pyrrole nitrogens is 1. The predicted octanol–water partition coefficient (Wildman–Crippen LogP) is 3.38. The summed E-state index contributed by atoms with van der Waals surface area (Å²) in [5.41, 5.74) is 3.80. The van der Waals surface area contributed by atoms with Crippen LogP contribution in [0.15, 0.2) is 18.2 Å². The average molecular weight is 287 g/mol. The topological polar surface area (TPSA) is 67.0 Å². The highest BCUT2D eigenvalue weighted by Gasteiger charge is 2.17. The highest BCUT2D eigenvalue weighted by molar-refractivity contribution is 6.06. The lowest BCUT2D eigenvalue weighted by Crippen LogP contribution is -2.14. The molecule has 1 aromatic heterocycles. The number of ether oxygens (including phenoxy) is 1. The molecule has 0 atom stereocenters. The number of carbonyl (C=O) groups is 1. The van der Waals surface area contributed by atoms with Gasteiger partial charge in [-0.2, -0.15) is 5.10 Å². The van der Waals surface area contributed by atoms with Crippen LogP contribution in [0.2, 0.25) is 0 Å². The minimum Gasteiger partial charge on any atom is -0.491 e. The number of benzene rings is 1. The first-order valence-corrected chi connectivity index (χ1v) is 7.09. The normalized spacial score (nSPS) is 10.5. The Bertz CT molecular complexity index is 627. The Kier molecular flexibility index (Phi) is 4.62. The van der Waals surface area contributed by atoms with Gasteiger partial charge < -0.3 is 10.1 Å². The van der Waals surface area contributed by atoms with Crippen molar-refractivity contribution in [2.24, 2.45) is 0 Å². The second-order valence-electron chi connectivity index (χ2n) is 5.11. The van der Waals surface area contributed by atoms with Gasteiger partial charge in [-0.1, -0.05) is 13.0 Å². The highest BCUT2D eigenvalue weighted by Crippen LogP contribution is 2.27. The molecule has 0 aliphatic rings. The van der Waals surface area contributed by atoms with Gasteiger partial charge in [0.15, 0.2) is 0 Å². The van der Waals surface area contributed by atoms with Crippen LogP contribution >= 0.6 is 0 Å². The summed E-state index contributed by atoms with van der Waals surface area (Å²) < 4.78 is 5.71. The van der Waals surface area contributed by atoms with Crippen molar-refractivity contribution in [2.45, 2.75) is 34.1 Å². The number of anilines is 1. The molecular weight excluding hydrogens is 266 g/mol. The van der Waals surface area contributed by atoms with Crippen LogP contribution in [0, 0.1) is 20.8 Å². The van der Waals surface area contributed by atoms with E-state index in [1.165, 1.54) is 0 Å². The van der Waals surface area contributed by atoms with Crippen molar-refractivity contribution in [3.05, 3.63) is 40.7 Å². The number of rotatable bonds is 5. The second kappa shape index (κ2) is 6.43. The van der Waals surface area contributed by atoms with E-state index in [2.05, 4.69) is 15.5 Å². The van der Waals surface area contributed by atoms with Crippen LogP contribution in [-0.2, 0) is 0 Å². The van der Waals surface area contributed by atoms with Crippen molar-refractivity contribution in [2.75, 3.05) is 11.9 Å². The van der Waals surface area contributed by atoms with Crippen LogP contribution in [0.25, 0.3) is 0 Å². The fraction of sp³-hybridized carbons (Fsp3) is 0.375. The fourth-order valence-electron chi connectivity index (χ4n) is 2.13. The first-order valence-electron chi connectivity index (χ1n) is 7.09. The Balaban J connectivity index is 2.24. The summed E-state index contributed by atoms with van der Waals surface area (Å²) in [6.07, 6.45) is 0.918. The Labute approximate surface area is 124 Å². The number of nitrogens with one attached hydrogen (secondary N) is 2. The fourth-order valence-corrected chi connectivity index (χ4v) is 2.13. The van der Waals surface area contributed by atoms with Gasteiger partial charge in [-0.3, -0.25) is 9.89 Å². The number of aromatic amines is 1. The number of aromatic nitrogens is 2. The summed E-state index contributed by atoms with van der Waals surface area (Å²) in [5, 5.41) is 9.77. The molecule has 0 unspecified atom stereocenters. The molecular formula is C16H21N3O2. The first-order chi connectivity index (χ1) is 10.0. The maximum Gasteiger partial charge on any atom is 0.259 e. The number of amides is 1. The molecule has 0 saturated heterocycles. The Morgan fingerprint density at radius 1 is 1.33 bits per heavy atom. The Morgan fingerprint density at radius 2 is 2.10 bits per heavy atom. The number of carbonyl (C=O) groups excluding carboxylic acids is 1.